The van der Waals surface area contributed by atoms with Gasteiger partial charge in [-0.15, -0.1) is 0 Å². The molecule has 1 unspecified atom stereocenters. The number of unbranched alkanes of at least 4 members (excludes halogenated alkanes) is 4. The van der Waals surface area contributed by atoms with E-state index in [2.05, 4.69) is 6.92 Å². The van der Waals surface area contributed by atoms with Crippen molar-refractivity contribution in [1.82, 2.24) is 0 Å². The molecule has 0 saturated carbocycles. The van der Waals surface area contributed by atoms with E-state index in [-0.39, 0.29) is 5.60 Å². The van der Waals surface area contributed by atoms with Crippen LogP contribution in [0.15, 0.2) is 0 Å². The second-order valence-electron chi connectivity index (χ2n) is 4.77. The van der Waals surface area contributed by atoms with Gasteiger partial charge in [0, 0.05) is 6.61 Å². The Morgan fingerprint density at radius 3 is 2.27 bits per heavy atom. The van der Waals surface area contributed by atoms with Gasteiger partial charge in [-0.1, -0.05) is 39.0 Å². The van der Waals surface area contributed by atoms with Crippen LogP contribution in [0.4, 0.5) is 0 Å². The van der Waals surface area contributed by atoms with Crippen molar-refractivity contribution in [3.8, 4) is 0 Å². The topological polar surface area (TPSA) is 29.5 Å². The molecular weight excluding hydrogens is 188 g/mol. The van der Waals surface area contributed by atoms with E-state index in [4.69, 9.17) is 9.84 Å². The van der Waals surface area contributed by atoms with Crippen molar-refractivity contribution in [3.63, 3.8) is 0 Å². The van der Waals surface area contributed by atoms with Crippen LogP contribution in [0, 0.1) is 0 Å². The van der Waals surface area contributed by atoms with Crippen LogP contribution in [0.3, 0.4) is 0 Å². The molecule has 1 aliphatic heterocycles. The van der Waals surface area contributed by atoms with Gasteiger partial charge in [0.25, 0.3) is 0 Å². The molecule has 1 aliphatic rings. The van der Waals surface area contributed by atoms with E-state index < -0.39 is 0 Å². The highest BCUT2D eigenvalue weighted by Crippen LogP contribution is 2.36. The lowest BCUT2D eigenvalue weighted by Gasteiger charge is -2.42. The minimum atomic E-state index is 0.270. The zero-order chi connectivity index (χ0) is 11.0. The summed E-state index contributed by atoms with van der Waals surface area (Å²) in [5.41, 5.74) is 0.270. The minimum absolute atomic E-state index is 0.270. The largest absolute Gasteiger partial charge is 0.396 e. The molecule has 2 nitrogen and oxygen atoms in total. The van der Waals surface area contributed by atoms with Crippen LogP contribution in [0.2, 0.25) is 0 Å². The normalized spacial score (nSPS) is 25.2. The van der Waals surface area contributed by atoms with Gasteiger partial charge in [0.15, 0.2) is 0 Å². The molecule has 1 heterocycles. The predicted octanol–water partition coefficient (Wildman–Crippen LogP) is 3.28. The second-order valence-corrected chi connectivity index (χ2v) is 4.77. The molecule has 0 radical (unpaired) electrons. The molecule has 2 heteroatoms. The summed E-state index contributed by atoms with van der Waals surface area (Å²) in [5.74, 6) is 0. The lowest BCUT2D eigenvalue weighted by Crippen LogP contribution is -2.43. The number of hydrogen-bond acceptors (Lipinski definition) is 2. The van der Waals surface area contributed by atoms with E-state index in [1.807, 2.05) is 0 Å². The molecule has 0 aromatic carbocycles. The molecule has 0 bridgehead atoms. The Morgan fingerprint density at radius 2 is 1.73 bits per heavy atom. The first-order valence-corrected chi connectivity index (χ1v) is 6.58. The first-order valence-electron chi connectivity index (χ1n) is 6.58. The van der Waals surface area contributed by atoms with Crippen LogP contribution < -0.4 is 0 Å². The zero-order valence-electron chi connectivity index (χ0n) is 10.1. The Hall–Kier alpha value is -0.0800. The van der Waals surface area contributed by atoms with Crippen molar-refractivity contribution in [2.45, 2.75) is 70.3 Å². The second kappa shape index (κ2) is 7.24. The van der Waals surface area contributed by atoms with Crippen LogP contribution in [-0.4, -0.2) is 23.9 Å². The summed E-state index contributed by atoms with van der Waals surface area (Å²) in [6, 6.07) is 0. The first kappa shape index (κ1) is 13.0. The summed E-state index contributed by atoms with van der Waals surface area (Å²) in [4.78, 5) is 0. The Balaban J connectivity index is 1.98. The van der Waals surface area contributed by atoms with Crippen molar-refractivity contribution in [2.75, 3.05) is 13.2 Å². The van der Waals surface area contributed by atoms with E-state index in [1.54, 1.807) is 0 Å². The Morgan fingerprint density at radius 1 is 1.07 bits per heavy atom. The van der Waals surface area contributed by atoms with Gasteiger partial charge in [-0.2, -0.15) is 0 Å². The van der Waals surface area contributed by atoms with Crippen LogP contribution >= 0.6 is 0 Å². The Bertz CT molecular complexity index is 153. The highest BCUT2D eigenvalue weighted by Gasteiger charge is 2.36. The first-order chi connectivity index (χ1) is 7.33. The van der Waals surface area contributed by atoms with E-state index >= 15 is 0 Å². The Kier molecular flexibility index (Phi) is 6.26. The highest BCUT2D eigenvalue weighted by molar-refractivity contribution is 4.86. The third-order valence-corrected chi connectivity index (χ3v) is 3.46. The monoisotopic (exact) mass is 214 g/mol. The van der Waals surface area contributed by atoms with Crippen molar-refractivity contribution >= 4 is 0 Å². The summed E-state index contributed by atoms with van der Waals surface area (Å²) < 4.78 is 5.75. The van der Waals surface area contributed by atoms with Gasteiger partial charge in [0.2, 0.25) is 0 Å². The quantitative estimate of drug-likeness (QED) is 0.597. The fraction of sp³-hybridized carbons (Fsp3) is 1.00. The maximum atomic E-state index is 8.65. The van der Waals surface area contributed by atoms with Gasteiger partial charge in [0.1, 0.15) is 0 Å². The minimum Gasteiger partial charge on any atom is -0.396 e. The third kappa shape index (κ3) is 4.52. The maximum Gasteiger partial charge on any atom is 0.0704 e. The van der Waals surface area contributed by atoms with Gasteiger partial charge in [-0.05, 0) is 25.7 Å². The van der Waals surface area contributed by atoms with Gasteiger partial charge in [-0.3, -0.25) is 0 Å². The fourth-order valence-corrected chi connectivity index (χ4v) is 2.45. The molecule has 1 N–H and O–H groups in total. The fourth-order valence-electron chi connectivity index (χ4n) is 2.45. The molecule has 15 heavy (non-hydrogen) atoms. The van der Waals surface area contributed by atoms with E-state index in [9.17, 15) is 0 Å². The lowest BCUT2D eigenvalue weighted by atomic mass is 9.84. The van der Waals surface area contributed by atoms with Gasteiger partial charge in [0.05, 0.1) is 12.2 Å². The van der Waals surface area contributed by atoms with E-state index in [1.165, 1.54) is 51.4 Å². The average Bonchev–Trinajstić information content (AvgIpc) is 2.19. The highest BCUT2D eigenvalue weighted by atomic mass is 16.5. The van der Waals surface area contributed by atoms with Gasteiger partial charge >= 0.3 is 0 Å². The molecule has 1 atom stereocenters. The summed E-state index contributed by atoms with van der Waals surface area (Å²) >= 11 is 0. The van der Waals surface area contributed by atoms with Crippen molar-refractivity contribution in [1.29, 1.82) is 0 Å². The molecule has 0 aromatic rings. The summed E-state index contributed by atoms with van der Waals surface area (Å²) in [5, 5.41) is 8.65. The molecule has 0 amide bonds. The molecule has 1 saturated heterocycles. The van der Waals surface area contributed by atoms with Gasteiger partial charge < -0.3 is 9.84 Å². The molecular formula is C13H26O2. The third-order valence-electron chi connectivity index (χ3n) is 3.46. The summed E-state index contributed by atoms with van der Waals surface area (Å²) in [7, 11) is 0. The van der Waals surface area contributed by atoms with Crippen molar-refractivity contribution in [3.05, 3.63) is 0 Å². The standard InChI is InChI=1S/C13H26O2/c1-2-8-13(10-12-15-13)9-6-4-3-5-7-11-14/h14H,2-12H2,1H3. The molecule has 0 spiro atoms. The number of aliphatic hydroxyl groups excluding tert-OH is 1. The smallest absolute Gasteiger partial charge is 0.0704 e. The molecule has 1 fully saturated rings. The van der Waals surface area contributed by atoms with Crippen LogP contribution in [0.25, 0.3) is 0 Å². The zero-order valence-corrected chi connectivity index (χ0v) is 10.1. The molecule has 1 rings (SSSR count). The maximum absolute atomic E-state index is 8.65. The van der Waals surface area contributed by atoms with Crippen molar-refractivity contribution < 1.29 is 9.84 Å². The van der Waals surface area contributed by atoms with Crippen LogP contribution in [-0.2, 0) is 4.74 Å². The van der Waals surface area contributed by atoms with Crippen molar-refractivity contribution in [2.24, 2.45) is 0 Å². The summed E-state index contributed by atoms with van der Waals surface area (Å²) in [6.45, 7) is 3.57. The van der Waals surface area contributed by atoms with Gasteiger partial charge in [-0.25, -0.2) is 0 Å². The number of hydrogen-bond donors (Lipinski definition) is 1. The predicted molar refractivity (Wildman–Crippen MR) is 63.0 cm³/mol. The molecule has 0 aliphatic carbocycles. The lowest BCUT2D eigenvalue weighted by molar-refractivity contribution is -0.156. The number of ether oxygens (including phenoxy) is 1. The van der Waals surface area contributed by atoms with Crippen LogP contribution in [0.1, 0.15) is 64.7 Å². The average molecular weight is 214 g/mol. The summed E-state index contributed by atoms with van der Waals surface area (Å²) in [6.07, 6.45) is 11.0. The SMILES string of the molecule is CCCC1(CCCCCCCO)CCO1. The van der Waals surface area contributed by atoms with Crippen LogP contribution in [0.5, 0.6) is 0 Å². The molecule has 90 valence electrons. The van der Waals surface area contributed by atoms with E-state index in [0.29, 0.717) is 6.61 Å². The number of rotatable bonds is 9. The number of aliphatic hydroxyl groups is 1. The molecule has 0 aromatic heterocycles. The van der Waals surface area contributed by atoms with E-state index in [0.717, 1.165) is 13.0 Å². The Labute approximate surface area is 94.0 Å².